The van der Waals surface area contributed by atoms with Gasteiger partial charge in [0.05, 0.1) is 10.4 Å². The molecule has 1 saturated carbocycles. The van der Waals surface area contributed by atoms with Gasteiger partial charge in [-0.2, -0.15) is 0 Å². The van der Waals surface area contributed by atoms with Crippen molar-refractivity contribution in [3.05, 3.63) is 0 Å². The van der Waals surface area contributed by atoms with Gasteiger partial charge in [0.15, 0.2) is 0 Å². The summed E-state index contributed by atoms with van der Waals surface area (Å²) in [6.07, 6.45) is 7.07. The molecule has 0 radical (unpaired) electrons. The Bertz CT molecular complexity index is 320. The molecule has 19 heavy (non-hydrogen) atoms. The maximum atomic E-state index is 12.7. The Kier molecular flexibility index (Phi) is 6.24. The summed E-state index contributed by atoms with van der Waals surface area (Å²) in [4.78, 5) is 13.0. The lowest BCUT2D eigenvalue weighted by Crippen LogP contribution is -2.53. The predicted molar refractivity (Wildman–Crippen MR) is 84.0 cm³/mol. The zero-order chi connectivity index (χ0) is 14.5. The molecular formula is C15H28N2OS. The van der Waals surface area contributed by atoms with E-state index in [0.717, 1.165) is 25.7 Å². The van der Waals surface area contributed by atoms with Crippen molar-refractivity contribution in [3.8, 4) is 0 Å². The Labute approximate surface area is 122 Å². The van der Waals surface area contributed by atoms with E-state index in [1.807, 2.05) is 0 Å². The number of nitrogens with one attached hydrogen (secondary N) is 1. The van der Waals surface area contributed by atoms with E-state index in [1.54, 1.807) is 0 Å². The molecule has 0 aromatic heterocycles. The van der Waals surface area contributed by atoms with Gasteiger partial charge in [-0.15, -0.1) is 0 Å². The smallest absolute Gasteiger partial charge is 0.233 e. The van der Waals surface area contributed by atoms with E-state index in [4.69, 9.17) is 18.0 Å². The van der Waals surface area contributed by atoms with Crippen molar-refractivity contribution in [1.82, 2.24) is 5.32 Å². The summed E-state index contributed by atoms with van der Waals surface area (Å²) in [5.74, 6) is 0.680. The molecule has 1 fully saturated rings. The third-order valence-electron chi connectivity index (χ3n) is 4.48. The molecule has 1 atom stereocenters. The van der Waals surface area contributed by atoms with Crippen LogP contribution in [0.3, 0.4) is 0 Å². The minimum absolute atomic E-state index is 0.0445. The highest BCUT2D eigenvalue weighted by molar-refractivity contribution is 7.80. The normalized spacial score (nSPS) is 17.6. The highest BCUT2D eigenvalue weighted by Crippen LogP contribution is 2.33. The Balaban J connectivity index is 2.76. The van der Waals surface area contributed by atoms with Crippen LogP contribution in [0, 0.1) is 11.3 Å². The molecule has 0 spiro atoms. The van der Waals surface area contributed by atoms with Crippen LogP contribution in [0.25, 0.3) is 0 Å². The first kappa shape index (κ1) is 16.4. The number of thiocarbonyl (C=S) groups is 1. The average Bonchev–Trinajstić information content (AvgIpc) is 2.25. The largest absolute Gasteiger partial charge is 0.392 e. The summed E-state index contributed by atoms with van der Waals surface area (Å²) in [5.41, 5.74) is 5.27. The lowest BCUT2D eigenvalue weighted by atomic mass is 9.76. The van der Waals surface area contributed by atoms with Crippen LogP contribution in [0.4, 0.5) is 0 Å². The molecule has 0 aliphatic heterocycles. The number of nitrogens with two attached hydrogens (primary N) is 1. The lowest BCUT2D eigenvalue weighted by Gasteiger charge is -2.36. The SMILES string of the molecule is CCCC(CCC)(C(=O)NC(C)C1CCC1)C(N)=S. The van der Waals surface area contributed by atoms with Gasteiger partial charge in [-0.1, -0.05) is 45.3 Å². The standard InChI is InChI=1S/C15H28N2OS/c1-4-9-15(10-5-2,13(16)19)14(18)17-11(3)12-7-6-8-12/h11-12H,4-10H2,1-3H3,(H2,16,19)(H,17,18). The molecule has 1 rings (SSSR count). The topological polar surface area (TPSA) is 55.1 Å². The molecule has 1 unspecified atom stereocenters. The Hall–Kier alpha value is -0.640. The summed E-state index contributed by atoms with van der Waals surface area (Å²) < 4.78 is 0. The van der Waals surface area contributed by atoms with Crippen LogP contribution in [0.2, 0.25) is 0 Å². The highest BCUT2D eigenvalue weighted by atomic mass is 32.1. The van der Waals surface area contributed by atoms with Crippen molar-refractivity contribution in [3.63, 3.8) is 0 Å². The molecular weight excluding hydrogens is 256 g/mol. The number of hydrogen-bond donors (Lipinski definition) is 2. The van der Waals surface area contributed by atoms with E-state index in [-0.39, 0.29) is 11.9 Å². The Morgan fingerprint density at radius 2 is 1.89 bits per heavy atom. The van der Waals surface area contributed by atoms with Crippen LogP contribution in [0.15, 0.2) is 0 Å². The molecule has 110 valence electrons. The highest BCUT2D eigenvalue weighted by Gasteiger charge is 2.41. The predicted octanol–water partition coefficient (Wildman–Crippen LogP) is 3.16. The van der Waals surface area contributed by atoms with Crippen LogP contribution in [0.1, 0.15) is 65.7 Å². The summed E-state index contributed by atoms with van der Waals surface area (Å²) in [6.45, 7) is 6.25. The second-order valence-corrected chi connectivity index (χ2v) is 6.34. The van der Waals surface area contributed by atoms with Crippen molar-refractivity contribution in [1.29, 1.82) is 0 Å². The van der Waals surface area contributed by atoms with Gasteiger partial charge in [0.2, 0.25) is 5.91 Å². The summed E-state index contributed by atoms with van der Waals surface area (Å²) >= 11 is 5.21. The number of rotatable bonds is 8. The van der Waals surface area contributed by atoms with E-state index in [9.17, 15) is 4.79 Å². The fraction of sp³-hybridized carbons (Fsp3) is 0.867. The second-order valence-electron chi connectivity index (χ2n) is 5.90. The van der Waals surface area contributed by atoms with Crippen molar-refractivity contribution in [2.75, 3.05) is 0 Å². The van der Waals surface area contributed by atoms with Gasteiger partial charge < -0.3 is 11.1 Å². The minimum atomic E-state index is -0.642. The van der Waals surface area contributed by atoms with Gasteiger partial charge in [0.1, 0.15) is 0 Å². The van der Waals surface area contributed by atoms with Crippen LogP contribution in [-0.4, -0.2) is 16.9 Å². The quantitative estimate of drug-likeness (QED) is 0.673. The van der Waals surface area contributed by atoms with Crippen LogP contribution < -0.4 is 11.1 Å². The number of carbonyl (C=O) groups is 1. The molecule has 1 aliphatic rings. The average molecular weight is 284 g/mol. The van der Waals surface area contributed by atoms with E-state index in [0.29, 0.717) is 10.9 Å². The van der Waals surface area contributed by atoms with Crippen molar-refractivity contribution >= 4 is 23.1 Å². The molecule has 0 aromatic rings. The number of hydrogen-bond acceptors (Lipinski definition) is 2. The number of carbonyl (C=O) groups excluding carboxylic acids is 1. The minimum Gasteiger partial charge on any atom is -0.392 e. The van der Waals surface area contributed by atoms with Gasteiger partial charge in [0, 0.05) is 6.04 Å². The maximum Gasteiger partial charge on any atom is 0.233 e. The summed E-state index contributed by atoms with van der Waals surface area (Å²) in [6, 6.07) is 0.240. The van der Waals surface area contributed by atoms with Crippen molar-refractivity contribution < 1.29 is 4.79 Å². The van der Waals surface area contributed by atoms with Crippen LogP contribution in [-0.2, 0) is 4.79 Å². The van der Waals surface area contributed by atoms with Crippen LogP contribution >= 0.6 is 12.2 Å². The van der Waals surface area contributed by atoms with Gasteiger partial charge >= 0.3 is 0 Å². The molecule has 0 bridgehead atoms. The first-order valence-corrected chi connectivity index (χ1v) is 7.99. The molecule has 0 saturated heterocycles. The Morgan fingerprint density at radius 1 is 1.37 bits per heavy atom. The van der Waals surface area contributed by atoms with Crippen molar-refractivity contribution in [2.24, 2.45) is 17.1 Å². The zero-order valence-corrected chi connectivity index (χ0v) is 13.3. The second kappa shape index (κ2) is 7.22. The molecule has 0 aromatic carbocycles. The molecule has 0 heterocycles. The third kappa shape index (κ3) is 3.68. The van der Waals surface area contributed by atoms with E-state index < -0.39 is 5.41 Å². The monoisotopic (exact) mass is 284 g/mol. The van der Waals surface area contributed by atoms with E-state index in [1.165, 1.54) is 19.3 Å². The van der Waals surface area contributed by atoms with Crippen LogP contribution in [0.5, 0.6) is 0 Å². The van der Waals surface area contributed by atoms with Crippen molar-refractivity contribution in [2.45, 2.75) is 71.8 Å². The van der Waals surface area contributed by atoms with E-state index >= 15 is 0 Å². The summed E-state index contributed by atoms with van der Waals surface area (Å²) in [7, 11) is 0. The first-order valence-electron chi connectivity index (χ1n) is 7.58. The molecule has 4 heteroatoms. The van der Waals surface area contributed by atoms with E-state index in [2.05, 4.69) is 26.1 Å². The van der Waals surface area contributed by atoms with Gasteiger partial charge in [-0.05, 0) is 38.5 Å². The third-order valence-corrected chi connectivity index (χ3v) is 4.87. The first-order chi connectivity index (χ1) is 8.97. The van der Waals surface area contributed by atoms with Gasteiger partial charge in [-0.3, -0.25) is 4.79 Å². The fourth-order valence-corrected chi connectivity index (χ4v) is 3.26. The van der Waals surface area contributed by atoms with Gasteiger partial charge in [-0.25, -0.2) is 0 Å². The fourth-order valence-electron chi connectivity index (χ4n) is 2.97. The van der Waals surface area contributed by atoms with Gasteiger partial charge in [0.25, 0.3) is 0 Å². The lowest BCUT2D eigenvalue weighted by molar-refractivity contribution is -0.129. The molecule has 1 aliphatic carbocycles. The maximum absolute atomic E-state index is 12.7. The Morgan fingerprint density at radius 3 is 2.21 bits per heavy atom. The molecule has 3 nitrogen and oxygen atoms in total. The molecule has 3 N–H and O–H groups in total. The number of amides is 1. The molecule has 1 amide bonds. The zero-order valence-electron chi connectivity index (χ0n) is 12.5. The summed E-state index contributed by atoms with van der Waals surface area (Å²) in [5, 5.41) is 3.17.